The van der Waals surface area contributed by atoms with Crippen LogP contribution in [0.1, 0.15) is 51.8 Å². The number of aromatic nitrogens is 4. The van der Waals surface area contributed by atoms with Gasteiger partial charge in [-0.05, 0) is 27.2 Å². The molecule has 0 amide bonds. The predicted molar refractivity (Wildman–Crippen MR) is 83.9 cm³/mol. The largest absolute Gasteiger partial charge is 0.334 e. The minimum absolute atomic E-state index is 0.0440. The van der Waals surface area contributed by atoms with Crippen molar-refractivity contribution in [3.05, 3.63) is 30.5 Å². The highest BCUT2D eigenvalue weighted by Crippen LogP contribution is 2.19. The molecule has 0 saturated heterocycles. The lowest BCUT2D eigenvalue weighted by Crippen LogP contribution is -2.28. The Morgan fingerprint density at radius 3 is 2.50 bits per heavy atom. The smallest absolute Gasteiger partial charge is 0.260 e. The van der Waals surface area contributed by atoms with Crippen molar-refractivity contribution in [2.24, 2.45) is 0 Å². The number of nitrogens with one attached hydrogen (secondary N) is 1. The van der Waals surface area contributed by atoms with E-state index in [0.717, 1.165) is 12.1 Å². The van der Waals surface area contributed by atoms with E-state index >= 15 is 0 Å². The van der Waals surface area contributed by atoms with Crippen LogP contribution in [0, 0.1) is 0 Å². The Kier molecular flexibility index (Phi) is 5.02. The van der Waals surface area contributed by atoms with Crippen molar-refractivity contribution in [1.82, 2.24) is 24.1 Å². The molecule has 0 saturated carbocycles. The van der Waals surface area contributed by atoms with E-state index in [4.69, 9.17) is 0 Å². The molecule has 2 aromatic heterocycles. The summed E-state index contributed by atoms with van der Waals surface area (Å²) in [5, 5.41) is 4.24. The monoisotopic (exact) mass is 325 g/mol. The van der Waals surface area contributed by atoms with Gasteiger partial charge in [0.1, 0.15) is 0 Å². The fourth-order valence-electron chi connectivity index (χ4n) is 2.11. The van der Waals surface area contributed by atoms with Crippen molar-refractivity contribution in [3.63, 3.8) is 0 Å². The van der Waals surface area contributed by atoms with Gasteiger partial charge < -0.3 is 4.57 Å². The summed E-state index contributed by atoms with van der Waals surface area (Å²) in [7, 11) is -3.65. The normalized spacial score (nSPS) is 13.7. The van der Waals surface area contributed by atoms with Gasteiger partial charge in [-0.2, -0.15) is 5.10 Å². The van der Waals surface area contributed by atoms with Gasteiger partial charge in [0.05, 0.1) is 12.5 Å². The Bertz CT molecular complexity index is 717. The number of aryl methyl sites for hydroxylation is 1. The van der Waals surface area contributed by atoms with Crippen LogP contribution in [0.2, 0.25) is 0 Å². The molecule has 0 unspecified atom stereocenters. The van der Waals surface area contributed by atoms with Gasteiger partial charge in [-0.3, -0.25) is 4.68 Å². The molecule has 2 heterocycles. The molecular formula is C14H23N5O2S. The maximum absolute atomic E-state index is 12.5. The molecule has 0 aliphatic heterocycles. The van der Waals surface area contributed by atoms with Gasteiger partial charge in [0.25, 0.3) is 10.0 Å². The van der Waals surface area contributed by atoms with Gasteiger partial charge >= 0.3 is 0 Å². The maximum atomic E-state index is 12.5. The number of rotatable bonds is 7. The minimum atomic E-state index is -3.65. The van der Waals surface area contributed by atoms with Crippen LogP contribution in [0.3, 0.4) is 0 Å². The van der Waals surface area contributed by atoms with Crippen LogP contribution in [-0.2, 0) is 16.6 Å². The second-order valence-corrected chi connectivity index (χ2v) is 7.13. The molecule has 0 bridgehead atoms. The van der Waals surface area contributed by atoms with E-state index < -0.39 is 10.0 Å². The zero-order valence-corrected chi connectivity index (χ0v) is 14.2. The van der Waals surface area contributed by atoms with Gasteiger partial charge in [0.2, 0.25) is 0 Å². The third-order valence-corrected chi connectivity index (χ3v) is 4.89. The highest BCUT2D eigenvalue weighted by atomic mass is 32.2. The summed E-state index contributed by atoms with van der Waals surface area (Å²) in [6.07, 6.45) is 7.29. The number of hydrogen-bond acceptors (Lipinski definition) is 4. The average molecular weight is 325 g/mol. The van der Waals surface area contributed by atoms with Crippen molar-refractivity contribution < 1.29 is 8.42 Å². The molecule has 0 radical (unpaired) electrons. The maximum Gasteiger partial charge on any atom is 0.260 e. The van der Waals surface area contributed by atoms with Crippen molar-refractivity contribution >= 4 is 10.0 Å². The first-order chi connectivity index (χ1) is 10.4. The van der Waals surface area contributed by atoms with E-state index in [0.29, 0.717) is 6.42 Å². The minimum Gasteiger partial charge on any atom is -0.334 e. The van der Waals surface area contributed by atoms with E-state index in [2.05, 4.69) is 14.8 Å². The van der Waals surface area contributed by atoms with Crippen molar-refractivity contribution in [2.75, 3.05) is 0 Å². The molecular weight excluding hydrogens is 302 g/mol. The molecule has 0 spiro atoms. The summed E-state index contributed by atoms with van der Waals surface area (Å²) in [4.78, 5) is 4.00. The van der Waals surface area contributed by atoms with Crippen LogP contribution >= 0.6 is 0 Å². The Hall–Kier alpha value is -1.67. The molecule has 7 nitrogen and oxygen atoms in total. The van der Waals surface area contributed by atoms with Gasteiger partial charge in [-0.1, -0.05) is 6.92 Å². The first-order valence-corrected chi connectivity index (χ1v) is 8.93. The van der Waals surface area contributed by atoms with E-state index in [1.54, 1.807) is 21.6 Å². The number of nitrogens with zero attached hydrogens (tertiary/aromatic N) is 4. The molecule has 8 heteroatoms. The quantitative estimate of drug-likeness (QED) is 0.845. The van der Waals surface area contributed by atoms with Crippen LogP contribution in [0.5, 0.6) is 0 Å². The summed E-state index contributed by atoms with van der Waals surface area (Å²) < 4.78 is 31.2. The standard InChI is InChI=1S/C14H23N5O2S/c1-5-13(12-7-16-19(6-2)8-12)17-22(20,21)14-9-18(10-15-14)11(3)4/h7-11,13,17H,5-6H2,1-4H3/t13-/m0/s1. The highest BCUT2D eigenvalue weighted by molar-refractivity contribution is 7.89. The van der Waals surface area contributed by atoms with Crippen LogP contribution in [0.4, 0.5) is 0 Å². The summed E-state index contributed by atoms with van der Waals surface area (Å²) in [6, 6.07) is -0.143. The molecule has 0 aliphatic carbocycles. The average Bonchev–Trinajstić information content (AvgIpc) is 3.13. The Morgan fingerprint density at radius 1 is 1.27 bits per heavy atom. The fourth-order valence-corrected chi connectivity index (χ4v) is 3.35. The lowest BCUT2D eigenvalue weighted by Gasteiger charge is -2.14. The first kappa shape index (κ1) is 16.7. The molecule has 122 valence electrons. The van der Waals surface area contributed by atoms with Crippen LogP contribution in [0.25, 0.3) is 0 Å². The van der Waals surface area contributed by atoms with E-state index in [1.807, 2.05) is 33.9 Å². The SMILES string of the molecule is CC[C@H](NS(=O)(=O)c1cn(C(C)C)cn1)c1cnn(CC)c1. The second-order valence-electron chi connectivity index (χ2n) is 5.46. The Balaban J connectivity index is 2.21. The second kappa shape index (κ2) is 6.62. The third kappa shape index (κ3) is 3.56. The van der Waals surface area contributed by atoms with Crippen LogP contribution < -0.4 is 4.72 Å². The lowest BCUT2D eigenvalue weighted by atomic mass is 10.1. The molecule has 1 N–H and O–H groups in total. The third-order valence-electron chi connectivity index (χ3n) is 3.53. The number of imidazole rings is 1. The zero-order chi connectivity index (χ0) is 16.3. The summed E-state index contributed by atoms with van der Waals surface area (Å²) >= 11 is 0. The summed E-state index contributed by atoms with van der Waals surface area (Å²) in [5.41, 5.74) is 0.858. The number of hydrogen-bond donors (Lipinski definition) is 1. The lowest BCUT2D eigenvalue weighted by molar-refractivity contribution is 0.546. The predicted octanol–water partition coefficient (Wildman–Crippen LogP) is 2.11. The van der Waals surface area contributed by atoms with E-state index in [9.17, 15) is 8.42 Å². The molecule has 0 aromatic carbocycles. The van der Waals surface area contributed by atoms with E-state index in [-0.39, 0.29) is 17.1 Å². The molecule has 0 aliphatic rings. The van der Waals surface area contributed by atoms with Gasteiger partial charge in [0, 0.05) is 36.6 Å². The zero-order valence-electron chi connectivity index (χ0n) is 13.4. The molecule has 2 aromatic rings. The highest BCUT2D eigenvalue weighted by Gasteiger charge is 2.23. The molecule has 2 rings (SSSR count). The first-order valence-electron chi connectivity index (χ1n) is 7.45. The van der Waals surface area contributed by atoms with Gasteiger partial charge in [0.15, 0.2) is 5.03 Å². The van der Waals surface area contributed by atoms with Crippen molar-refractivity contribution in [2.45, 2.75) is 57.8 Å². The van der Waals surface area contributed by atoms with Gasteiger partial charge in [-0.15, -0.1) is 0 Å². The van der Waals surface area contributed by atoms with Crippen molar-refractivity contribution in [1.29, 1.82) is 0 Å². The van der Waals surface area contributed by atoms with Crippen molar-refractivity contribution in [3.8, 4) is 0 Å². The summed E-state index contributed by atoms with van der Waals surface area (Å²) in [6.45, 7) is 8.62. The van der Waals surface area contributed by atoms with Gasteiger partial charge in [-0.25, -0.2) is 18.1 Å². The summed E-state index contributed by atoms with van der Waals surface area (Å²) in [5.74, 6) is 0. The molecule has 0 fully saturated rings. The molecule has 22 heavy (non-hydrogen) atoms. The topological polar surface area (TPSA) is 81.8 Å². The number of sulfonamides is 1. The van der Waals surface area contributed by atoms with Crippen LogP contribution in [0.15, 0.2) is 29.9 Å². The van der Waals surface area contributed by atoms with E-state index in [1.165, 1.54) is 6.33 Å². The Labute approximate surface area is 131 Å². The molecule has 1 atom stereocenters. The fraction of sp³-hybridized carbons (Fsp3) is 0.571. The van der Waals surface area contributed by atoms with Crippen LogP contribution in [-0.4, -0.2) is 27.7 Å². The Morgan fingerprint density at radius 2 is 2.00 bits per heavy atom.